The maximum atomic E-state index is 15.6. The Morgan fingerprint density at radius 1 is 0.824 bits per heavy atom. The number of halogens is 2. The summed E-state index contributed by atoms with van der Waals surface area (Å²) in [6.07, 6.45) is 0.769. The first-order valence-corrected chi connectivity index (χ1v) is 17.2. The van der Waals surface area contributed by atoms with Crippen LogP contribution in [0, 0.1) is 17.7 Å². The number of aliphatic carboxylic acids is 1. The molecular formula is C39H42ClFN4O6. The smallest absolute Gasteiger partial charge is 0.326 e. The first kappa shape index (κ1) is 37.3. The van der Waals surface area contributed by atoms with Crippen LogP contribution in [0.25, 0.3) is 22.2 Å². The SMILES string of the molecule is CC(C)C[C@H](NCc1cc(Cl)c(OCc2cccc(-c3ccccc3)c2F)cc1OCc1ccc2nonc2c1)C(=O)N[C@H](CC(C)C)C(=O)O. The van der Waals surface area contributed by atoms with E-state index in [-0.39, 0.29) is 48.2 Å². The van der Waals surface area contributed by atoms with Crippen molar-refractivity contribution in [2.24, 2.45) is 11.8 Å². The molecule has 4 aromatic carbocycles. The lowest BCUT2D eigenvalue weighted by molar-refractivity contribution is -0.142. The number of rotatable bonds is 17. The highest BCUT2D eigenvalue weighted by Crippen LogP contribution is 2.35. The molecule has 5 rings (SSSR count). The zero-order valence-corrected chi connectivity index (χ0v) is 29.7. The van der Waals surface area contributed by atoms with E-state index in [1.807, 2.05) is 64.1 Å². The van der Waals surface area contributed by atoms with E-state index in [4.69, 9.17) is 25.7 Å². The van der Waals surface area contributed by atoms with Gasteiger partial charge in [0.1, 0.15) is 47.6 Å². The Hall–Kier alpha value is -5.00. The zero-order valence-electron chi connectivity index (χ0n) is 29.0. The van der Waals surface area contributed by atoms with Gasteiger partial charge in [-0.25, -0.2) is 13.8 Å². The van der Waals surface area contributed by atoms with Crippen molar-refractivity contribution in [3.8, 4) is 22.6 Å². The van der Waals surface area contributed by atoms with Crippen LogP contribution in [0.15, 0.2) is 83.5 Å². The molecule has 2 atom stereocenters. The van der Waals surface area contributed by atoms with Gasteiger partial charge in [-0.1, -0.05) is 93.9 Å². The van der Waals surface area contributed by atoms with Gasteiger partial charge >= 0.3 is 5.97 Å². The summed E-state index contributed by atoms with van der Waals surface area (Å²) >= 11 is 6.75. The van der Waals surface area contributed by atoms with E-state index in [1.165, 1.54) is 0 Å². The predicted octanol–water partition coefficient (Wildman–Crippen LogP) is 7.96. The molecule has 3 N–H and O–H groups in total. The summed E-state index contributed by atoms with van der Waals surface area (Å²) in [7, 11) is 0. The van der Waals surface area contributed by atoms with Crippen molar-refractivity contribution in [1.82, 2.24) is 20.9 Å². The van der Waals surface area contributed by atoms with Gasteiger partial charge in [-0.3, -0.25) is 4.79 Å². The summed E-state index contributed by atoms with van der Waals surface area (Å²) in [4.78, 5) is 25.3. The lowest BCUT2D eigenvalue weighted by atomic mass is 10.0. The van der Waals surface area contributed by atoms with Crippen molar-refractivity contribution >= 4 is 34.5 Å². The largest absolute Gasteiger partial charge is 0.488 e. The van der Waals surface area contributed by atoms with Gasteiger partial charge in [-0.2, -0.15) is 0 Å². The van der Waals surface area contributed by atoms with E-state index in [1.54, 1.807) is 42.5 Å². The molecule has 268 valence electrons. The van der Waals surface area contributed by atoms with Crippen LogP contribution in [0.4, 0.5) is 4.39 Å². The maximum absolute atomic E-state index is 15.6. The van der Waals surface area contributed by atoms with Gasteiger partial charge in [0.2, 0.25) is 5.91 Å². The molecule has 1 amide bonds. The van der Waals surface area contributed by atoms with Gasteiger partial charge in [-0.05, 0) is 64.3 Å². The second kappa shape index (κ2) is 17.3. The van der Waals surface area contributed by atoms with Gasteiger partial charge in [-0.15, -0.1) is 0 Å². The summed E-state index contributed by atoms with van der Waals surface area (Å²) in [6.45, 7) is 8.02. The van der Waals surface area contributed by atoms with Crippen molar-refractivity contribution in [2.75, 3.05) is 0 Å². The average molecular weight is 717 g/mol. The molecule has 0 aliphatic rings. The Kier molecular flexibility index (Phi) is 12.6. The average Bonchev–Trinajstić information content (AvgIpc) is 3.57. The van der Waals surface area contributed by atoms with E-state index >= 15 is 4.39 Å². The fraction of sp³-hybridized carbons (Fsp3) is 0.333. The Morgan fingerprint density at radius 3 is 2.25 bits per heavy atom. The molecule has 10 nitrogen and oxygen atoms in total. The highest BCUT2D eigenvalue weighted by atomic mass is 35.5. The van der Waals surface area contributed by atoms with E-state index < -0.39 is 24.0 Å². The zero-order chi connectivity index (χ0) is 36.5. The second-order valence-electron chi connectivity index (χ2n) is 13.3. The molecule has 0 aliphatic carbocycles. The third kappa shape index (κ3) is 10.0. The van der Waals surface area contributed by atoms with E-state index in [0.717, 1.165) is 11.1 Å². The summed E-state index contributed by atoms with van der Waals surface area (Å²) in [5.74, 6) is -0.946. The number of ether oxygens (including phenoxy) is 2. The number of carbonyl (C=O) groups excluding carboxylic acids is 1. The topological polar surface area (TPSA) is 136 Å². The van der Waals surface area contributed by atoms with E-state index in [9.17, 15) is 14.7 Å². The number of hydrogen-bond donors (Lipinski definition) is 3. The number of carboxylic acids is 1. The van der Waals surface area contributed by atoms with Crippen molar-refractivity contribution in [1.29, 1.82) is 0 Å². The normalized spacial score (nSPS) is 12.6. The fourth-order valence-corrected chi connectivity index (χ4v) is 5.92. The van der Waals surface area contributed by atoms with Gasteiger partial charge < -0.3 is 25.2 Å². The lowest BCUT2D eigenvalue weighted by Crippen LogP contribution is -2.50. The number of fused-ring (bicyclic) bond motifs is 1. The Balaban J connectivity index is 1.38. The number of nitrogens with one attached hydrogen (secondary N) is 2. The third-order valence-electron chi connectivity index (χ3n) is 8.26. The van der Waals surface area contributed by atoms with Gasteiger partial charge in [0, 0.05) is 29.3 Å². The molecule has 5 aromatic rings. The number of carboxylic acid groups (broad SMARTS) is 1. The predicted molar refractivity (Wildman–Crippen MR) is 193 cm³/mol. The minimum atomic E-state index is -1.08. The van der Waals surface area contributed by atoms with Crippen LogP contribution in [0.5, 0.6) is 11.5 Å². The molecule has 0 saturated heterocycles. The Labute approximate surface area is 301 Å². The molecular weight excluding hydrogens is 675 g/mol. The van der Waals surface area contributed by atoms with Crippen LogP contribution >= 0.6 is 11.6 Å². The van der Waals surface area contributed by atoms with Crippen molar-refractivity contribution in [3.63, 3.8) is 0 Å². The minimum absolute atomic E-state index is 0.0797. The number of hydrogen-bond acceptors (Lipinski definition) is 8. The van der Waals surface area contributed by atoms with E-state index in [2.05, 4.69) is 20.9 Å². The molecule has 12 heteroatoms. The number of nitrogens with zero attached hydrogens (tertiary/aromatic N) is 2. The minimum Gasteiger partial charge on any atom is -0.488 e. The van der Waals surface area contributed by atoms with Gasteiger partial charge in [0.05, 0.1) is 11.1 Å². The van der Waals surface area contributed by atoms with Crippen LogP contribution in [-0.2, 0) is 29.3 Å². The van der Waals surface area contributed by atoms with Crippen LogP contribution < -0.4 is 20.1 Å². The number of carbonyl (C=O) groups is 2. The molecule has 0 unspecified atom stereocenters. The van der Waals surface area contributed by atoms with E-state index in [0.29, 0.717) is 46.3 Å². The first-order valence-electron chi connectivity index (χ1n) is 16.9. The molecule has 0 fully saturated rings. The molecule has 1 aromatic heterocycles. The van der Waals surface area contributed by atoms with Crippen molar-refractivity contribution in [2.45, 2.75) is 72.4 Å². The highest BCUT2D eigenvalue weighted by Gasteiger charge is 2.27. The molecule has 1 heterocycles. The second-order valence-corrected chi connectivity index (χ2v) is 13.7. The summed E-state index contributed by atoms with van der Waals surface area (Å²) in [5, 5.41) is 23.7. The third-order valence-corrected chi connectivity index (χ3v) is 8.55. The molecule has 0 aliphatic heterocycles. The van der Waals surface area contributed by atoms with Crippen molar-refractivity contribution in [3.05, 3.63) is 106 Å². The molecule has 51 heavy (non-hydrogen) atoms. The summed E-state index contributed by atoms with van der Waals surface area (Å²) in [6, 6.07) is 21.5. The lowest BCUT2D eigenvalue weighted by Gasteiger charge is -2.24. The number of benzene rings is 4. The first-order chi connectivity index (χ1) is 24.5. The van der Waals surface area contributed by atoms with Crippen molar-refractivity contribution < 1.29 is 33.2 Å². The highest BCUT2D eigenvalue weighted by molar-refractivity contribution is 6.32. The number of amides is 1. The monoisotopic (exact) mass is 716 g/mol. The van der Waals surface area contributed by atoms with Gasteiger partial charge in [0.15, 0.2) is 0 Å². The van der Waals surface area contributed by atoms with Crippen LogP contribution in [0.1, 0.15) is 57.2 Å². The fourth-order valence-electron chi connectivity index (χ4n) is 5.68. The Bertz CT molecular complexity index is 1950. The van der Waals surface area contributed by atoms with Crippen LogP contribution in [-0.4, -0.2) is 39.4 Å². The summed E-state index contributed by atoms with van der Waals surface area (Å²) in [5.41, 5.74) is 4.20. The van der Waals surface area contributed by atoms with Crippen LogP contribution in [0.3, 0.4) is 0 Å². The van der Waals surface area contributed by atoms with Crippen LogP contribution in [0.2, 0.25) is 5.02 Å². The maximum Gasteiger partial charge on any atom is 0.326 e. The standard InChI is InChI=1S/C39H42ClFN4O6/c1-23(2)15-33(38(46)43-34(39(47)48)16-24(3)4)42-20-28-18-30(40)36(19-35(28)49-21-25-13-14-31-32(17-25)45-51-44-31)50-22-27-11-8-12-29(37(27)41)26-9-6-5-7-10-26/h5-14,17-19,23-24,33-34,42H,15-16,20-22H2,1-4H3,(H,43,46)(H,47,48)/t33-,34+/m0/s1. The molecule has 0 spiro atoms. The molecule has 0 radical (unpaired) electrons. The van der Waals surface area contributed by atoms with Gasteiger partial charge in [0.25, 0.3) is 0 Å². The Morgan fingerprint density at radius 2 is 1.53 bits per heavy atom. The quantitative estimate of drug-likeness (QED) is 0.0876. The summed E-state index contributed by atoms with van der Waals surface area (Å²) < 4.78 is 32.8. The molecule has 0 bridgehead atoms. The molecule has 0 saturated carbocycles. The number of aromatic nitrogens is 2.